The Morgan fingerprint density at radius 1 is 1.47 bits per heavy atom. The molecule has 0 spiro atoms. The van der Waals surface area contributed by atoms with Gasteiger partial charge >= 0.3 is 5.97 Å². The van der Waals surface area contributed by atoms with Crippen molar-refractivity contribution in [3.05, 3.63) is 28.2 Å². The largest absolute Gasteiger partial charge is 0.496 e. The van der Waals surface area contributed by atoms with Gasteiger partial charge in [-0.3, -0.25) is 4.79 Å². The average molecular weight is 301 g/mol. The van der Waals surface area contributed by atoms with Gasteiger partial charge in [0.2, 0.25) is 0 Å². The van der Waals surface area contributed by atoms with Crippen LogP contribution in [0.5, 0.6) is 5.75 Å². The highest BCUT2D eigenvalue weighted by Crippen LogP contribution is 2.36. The fraction of sp³-hybridized carbons (Fsp3) is 0.462. The van der Waals surface area contributed by atoms with Crippen LogP contribution in [0.25, 0.3) is 0 Å². The van der Waals surface area contributed by atoms with Gasteiger partial charge in [0.05, 0.1) is 7.11 Å². The SMILES string of the molecule is COc1ccc(Br)cc1C(C)(C)CCC(=O)O. The number of aliphatic carboxylic acids is 1. The fourth-order valence-electron chi connectivity index (χ4n) is 1.76. The highest BCUT2D eigenvalue weighted by Gasteiger charge is 2.25. The summed E-state index contributed by atoms with van der Waals surface area (Å²) in [6.45, 7) is 4.06. The van der Waals surface area contributed by atoms with Crippen LogP contribution in [-0.2, 0) is 10.2 Å². The number of carbonyl (C=O) groups is 1. The molecule has 3 nitrogen and oxygen atoms in total. The Kier molecular flexibility index (Phi) is 4.57. The van der Waals surface area contributed by atoms with Crippen LogP contribution in [0.3, 0.4) is 0 Å². The van der Waals surface area contributed by atoms with Crippen molar-refractivity contribution in [3.63, 3.8) is 0 Å². The first-order chi connectivity index (χ1) is 7.86. The number of carboxylic acids is 1. The van der Waals surface area contributed by atoms with Gasteiger partial charge in [0.25, 0.3) is 0 Å². The second kappa shape index (κ2) is 5.54. The van der Waals surface area contributed by atoms with E-state index in [1.54, 1.807) is 7.11 Å². The second-order valence-corrected chi connectivity index (χ2v) is 5.54. The quantitative estimate of drug-likeness (QED) is 0.904. The molecule has 0 aliphatic rings. The predicted octanol–water partition coefficient (Wildman–Crippen LogP) is 3.60. The summed E-state index contributed by atoms with van der Waals surface area (Å²) in [5.41, 5.74) is 0.795. The number of hydrogen-bond donors (Lipinski definition) is 1. The van der Waals surface area contributed by atoms with E-state index in [9.17, 15) is 4.79 Å². The van der Waals surface area contributed by atoms with Crippen LogP contribution >= 0.6 is 15.9 Å². The topological polar surface area (TPSA) is 46.5 Å². The van der Waals surface area contributed by atoms with Crippen molar-refractivity contribution in [3.8, 4) is 5.75 Å². The van der Waals surface area contributed by atoms with Crippen LogP contribution in [-0.4, -0.2) is 18.2 Å². The molecule has 0 aliphatic carbocycles. The minimum absolute atomic E-state index is 0.155. The fourth-order valence-corrected chi connectivity index (χ4v) is 2.12. The Balaban J connectivity index is 3.03. The van der Waals surface area contributed by atoms with E-state index in [1.807, 2.05) is 32.0 Å². The van der Waals surface area contributed by atoms with Gasteiger partial charge < -0.3 is 9.84 Å². The molecule has 0 atom stereocenters. The molecular formula is C13H17BrO3. The van der Waals surface area contributed by atoms with Crippen LogP contribution in [0.4, 0.5) is 0 Å². The summed E-state index contributed by atoms with van der Waals surface area (Å²) >= 11 is 3.43. The predicted molar refractivity (Wildman–Crippen MR) is 70.6 cm³/mol. The van der Waals surface area contributed by atoms with Crippen molar-refractivity contribution in [2.75, 3.05) is 7.11 Å². The molecule has 0 saturated carbocycles. The molecule has 1 aromatic carbocycles. The van der Waals surface area contributed by atoms with E-state index in [4.69, 9.17) is 9.84 Å². The third-order valence-corrected chi connectivity index (χ3v) is 3.35. The molecule has 0 fully saturated rings. The molecule has 0 unspecified atom stereocenters. The molecular weight excluding hydrogens is 284 g/mol. The zero-order chi connectivity index (χ0) is 13.1. The van der Waals surface area contributed by atoms with Gasteiger partial charge in [0, 0.05) is 16.5 Å². The Labute approximate surface area is 110 Å². The maximum absolute atomic E-state index is 10.7. The number of hydrogen-bond acceptors (Lipinski definition) is 2. The van der Waals surface area contributed by atoms with E-state index in [0.717, 1.165) is 15.8 Å². The molecule has 94 valence electrons. The minimum atomic E-state index is -0.771. The minimum Gasteiger partial charge on any atom is -0.496 e. The molecule has 0 saturated heterocycles. The Bertz CT molecular complexity index is 413. The van der Waals surface area contributed by atoms with Crippen LogP contribution in [0.15, 0.2) is 22.7 Å². The normalized spacial score (nSPS) is 11.3. The van der Waals surface area contributed by atoms with Gasteiger partial charge in [0.15, 0.2) is 0 Å². The number of carboxylic acid groups (broad SMARTS) is 1. The number of halogens is 1. The lowest BCUT2D eigenvalue weighted by Crippen LogP contribution is -2.19. The molecule has 1 rings (SSSR count). The zero-order valence-corrected chi connectivity index (χ0v) is 11.9. The van der Waals surface area contributed by atoms with Gasteiger partial charge in [-0.25, -0.2) is 0 Å². The number of rotatable bonds is 5. The molecule has 0 bridgehead atoms. The highest BCUT2D eigenvalue weighted by molar-refractivity contribution is 9.10. The summed E-state index contributed by atoms with van der Waals surface area (Å²) in [5.74, 6) is 0.0237. The second-order valence-electron chi connectivity index (χ2n) is 4.62. The molecule has 4 heteroatoms. The van der Waals surface area contributed by atoms with Crippen molar-refractivity contribution in [2.45, 2.75) is 32.1 Å². The molecule has 0 amide bonds. The number of benzene rings is 1. The number of methoxy groups -OCH3 is 1. The summed E-state index contributed by atoms with van der Waals surface area (Å²) < 4.78 is 6.29. The van der Waals surface area contributed by atoms with E-state index in [0.29, 0.717) is 6.42 Å². The zero-order valence-electron chi connectivity index (χ0n) is 10.3. The third kappa shape index (κ3) is 3.73. The molecule has 0 heterocycles. The maximum atomic E-state index is 10.7. The Morgan fingerprint density at radius 3 is 2.65 bits per heavy atom. The van der Waals surface area contributed by atoms with Gasteiger partial charge in [-0.05, 0) is 30.0 Å². The Hall–Kier alpha value is -1.03. The van der Waals surface area contributed by atoms with Crippen molar-refractivity contribution < 1.29 is 14.6 Å². The van der Waals surface area contributed by atoms with Crippen molar-refractivity contribution in [2.24, 2.45) is 0 Å². The summed E-state index contributed by atoms with van der Waals surface area (Å²) in [6.07, 6.45) is 0.734. The van der Waals surface area contributed by atoms with Gasteiger partial charge in [-0.2, -0.15) is 0 Å². The highest BCUT2D eigenvalue weighted by atomic mass is 79.9. The maximum Gasteiger partial charge on any atom is 0.303 e. The van der Waals surface area contributed by atoms with Crippen LogP contribution in [0, 0.1) is 0 Å². The molecule has 17 heavy (non-hydrogen) atoms. The number of ether oxygens (including phenoxy) is 1. The summed E-state index contributed by atoms with van der Waals surface area (Å²) in [7, 11) is 1.63. The van der Waals surface area contributed by atoms with Gasteiger partial charge in [0.1, 0.15) is 5.75 Å². The first-order valence-corrected chi connectivity index (χ1v) is 6.22. The van der Waals surface area contributed by atoms with E-state index >= 15 is 0 Å². The van der Waals surface area contributed by atoms with Crippen molar-refractivity contribution in [1.29, 1.82) is 0 Å². The molecule has 0 aromatic heterocycles. The van der Waals surface area contributed by atoms with Gasteiger partial charge in [-0.1, -0.05) is 29.8 Å². The van der Waals surface area contributed by atoms with E-state index in [-0.39, 0.29) is 11.8 Å². The lowest BCUT2D eigenvalue weighted by molar-refractivity contribution is -0.137. The van der Waals surface area contributed by atoms with E-state index in [1.165, 1.54) is 0 Å². The molecule has 0 aliphatic heterocycles. The van der Waals surface area contributed by atoms with Crippen LogP contribution in [0.2, 0.25) is 0 Å². The van der Waals surface area contributed by atoms with Gasteiger partial charge in [-0.15, -0.1) is 0 Å². The summed E-state index contributed by atoms with van der Waals surface area (Å²) in [6, 6.07) is 5.79. The first-order valence-electron chi connectivity index (χ1n) is 5.42. The summed E-state index contributed by atoms with van der Waals surface area (Å²) in [4.78, 5) is 10.7. The molecule has 1 N–H and O–H groups in total. The summed E-state index contributed by atoms with van der Waals surface area (Å²) in [5, 5.41) is 8.76. The molecule has 0 radical (unpaired) electrons. The lowest BCUT2D eigenvalue weighted by atomic mass is 9.80. The van der Waals surface area contributed by atoms with Crippen molar-refractivity contribution >= 4 is 21.9 Å². The van der Waals surface area contributed by atoms with E-state index < -0.39 is 5.97 Å². The van der Waals surface area contributed by atoms with Crippen molar-refractivity contribution in [1.82, 2.24) is 0 Å². The Morgan fingerprint density at radius 2 is 2.12 bits per heavy atom. The first kappa shape index (κ1) is 14.0. The standard InChI is InChI=1S/C13H17BrO3/c1-13(2,7-6-12(15)16)10-8-9(14)4-5-11(10)17-3/h4-5,8H,6-7H2,1-3H3,(H,15,16). The smallest absolute Gasteiger partial charge is 0.303 e. The average Bonchev–Trinajstić information content (AvgIpc) is 2.26. The van der Waals surface area contributed by atoms with E-state index in [2.05, 4.69) is 15.9 Å². The molecule has 1 aromatic rings. The third-order valence-electron chi connectivity index (χ3n) is 2.85. The van der Waals surface area contributed by atoms with Crippen LogP contribution in [0.1, 0.15) is 32.3 Å². The lowest BCUT2D eigenvalue weighted by Gasteiger charge is -2.26. The monoisotopic (exact) mass is 300 g/mol. The van der Waals surface area contributed by atoms with Crippen LogP contribution < -0.4 is 4.74 Å².